The monoisotopic (exact) mass is 245 g/mol. The zero-order chi connectivity index (χ0) is 13.9. The summed E-state index contributed by atoms with van der Waals surface area (Å²) in [6, 6.07) is -0.153. The zero-order valence-corrected chi connectivity index (χ0v) is 12.2. The second kappa shape index (κ2) is 5.71. The summed E-state index contributed by atoms with van der Waals surface area (Å²) >= 11 is 0. The number of carboxylic acid groups (broad SMARTS) is 1. The number of hydrogen-bond acceptors (Lipinski definition) is 2. The van der Waals surface area contributed by atoms with Crippen LogP contribution in [0.25, 0.3) is 0 Å². The topological polar surface area (TPSA) is 49.8 Å². The van der Waals surface area contributed by atoms with Gasteiger partial charge in [0.1, 0.15) is 0 Å². The van der Waals surface area contributed by atoms with Gasteiger partial charge in [0.2, 0.25) is 0 Å². The van der Waals surface area contributed by atoms with E-state index in [9.17, 15) is 9.90 Å². The van der Waals surface area contributed by atoms with Gasteiger partial charge in [-0.25, -0.2) is 4.79 Å². The van der Waals surface area contributed by atoms with Gasteiger partial charge in [-0.3, -0.25) is 4.90 Å². The molecule has 0 rings (SSSR count). The molecule has 0 unspecified atom stereocenters. The fourth-order valence-electron chi connectivity index (χ4n) is 1.83. The highest BCUT2D eigenvalue weighted by molar-refractivity contribution is 5.66. The SMILES string of the molecule is CCOC[C@@H](N(C(=O)O)C(C)(C)C)C(C)(C)C. The lowest BCUT2D eigenvalue weighted by molar-refractivity contribution is -0.0184. The van der Waals surface area contributed by atoms with Gasteiger partial charge < -0.3 is 9.84 Å². The smallest absolute Gasteiger partial charge is 0.408 e. The molecule has 0 heterocycles. The summed E-state index contributed by atoms with van der Waals surface area (Å²) < 4.78 is 5.44. The summed E-state index contributed by atoms with van der Waals surface area (Å²) in [5.41, 5.74) is -0.582. The first-order valence-electron chi connectivity index (χ1n) is 6.11. The van der Waals surface area contributed by atoms with Crippen molar-refractivity contribution in [2.75, 3.05) is 13.2 Å². The number of ether oxygens (including phenoxy) is 1. The lowest BCUT2D eigenvalue weighted by atomic mass is 9.84. The first-order valence-corrected chi connectivity index (χ1v) is 6.11. The molecule has 0 bridgehead atoms. The van der Waals surface area contributed by atoms with Crippen LogP contribution in [0.5, 0.6) is 0 Å². The summed E-state index contributed by atoms with van der Waals surface area (Å²) in [4.78, 5) is 13.0. The molecule has 4 nitrogen and oxygen atoms in total. The third-order valence-corrected chi connectivity index (χ3v) is 2.72. The summed E-state index contributed by atoms with van der Waals surface area (Å²) in [6.45, 7) is 14.8. The highest BCUT2D eigenvalue weighted by atomic mass is 16.5. The molecular formula is C13H27NO3. The summed E-state index contributed by atoms with van der Waals surface area (Å²) in [7, 11) is 0. The van der Waals surface area contributed by atoms with Gasteiger partial charge >= 0.3 is 6.09 Å². The van der Waals surface area contributed by atoms with Crippen LogP contribution in [0.15, 0.2) is 0 Å². The first-order chi connectivity index (χ1) is 7.51. The molecule has 102 valence electrons. The maximum atomic E-state index is 11.5. The summed E-state index contributed by atoms with van der Waals surface area (Å²) in [6.07, 6.45) is -0.892. The second-order valence-corrected chi connectivity index (χ2v) is 6.36. The Hall–Kier alpha value is -0.770. The molecule has 0 aromatic rings. The molecule has 1 amide bonds. The van der Waals surface area contributed by atoms with Crippen LogP contribution in [-0.4, -0.2) is 40.9 Å². The summed E-state index contributed by atoms with van der Waals surface area (Å²) in [5, 5.41) is 9.41. The Labute approximate surface area is 105 Å². The standard InChI is InChI=1S/C13H27NO3/c1-8-17-9-10(12(2,3)4)14(11(15)16)13(5,6)7/h10H,8-9H2,1-7H3,(H,15,16)/t10-/m1/s1. The number of hydrogen-bond donors (Lipinski definition) is 1. The maximum Gasteiger partial charge on any atom is 0.408 e. The average molecular weight is 245 g/mol. The van der Waals surface area contributed by atoms with Crippen molar-refractivity contribution in [1.29, 1.82) is 0 Å². The van der Waals surface area contributed by atoms with E-state index < -0.39 is 11.6 Å². The van der Waals surface area contributed by atoms with Crippen molar-refractivity contribution in [3.05, 3.63) is 0 Å². The Morgan fingerprint density at radius 2 is 1.71 bits per heavy atom. The molecule has 0 radical (unpaired) electrons. The van der Waals surface area contributed by atoms with E-state index in [0.717, 1.165) is 0 Å². The fraction of sp³-hybridized carbons (Fsp3) is 0.923. The molecule has 4 heteroatoms. The van der Waals surface area contributed by atoms with Gasteiger partial charge in [0.15, 0.2) is 0 Å². The van der Waals surface area contributed by atoms with Crippen LogP contribution in [0.2, 0.25) is 0 Å². The van der Waals surface area contributed by atoms with E-state index in [1.807, 2.05) is 48.5 Å². The van der Waals surface area contributed by atoms with Gasteiger partial charge in [0.05, 0.1) is 12.6 Å². The maximum absolute atomic E-state index is 11.5. The van der Waals surface area contributed by atoms with Crippen LogP contribution >= 0.6 is 0 Å². The number of carbonyl (C=O) groups is 1. The van der Waals surface area contributed by atoms with Gasteiger partial charge in [0, 0.05) is 12.1 Å². The molecular weight excluding hydrogens is 218 g/mol. The van der Waals surface area contributed by atoms with E-state index in [1.54, 1.807) is 0 Å². The van der Waals surface area contributed by atoms with Gasteiger partial charge in [-0.1, -0.05) is 20.8 Å². The van der Waals surface area contributed by atoms with Crippen LogP contribution in [0, 0.1) is 5.41 Å². The van der Waals surface area contributed by atoms with Crippen molar-refractivity contribution >= 4 is 6.09 Å². The van der Waals surface area contributed by atoms with Gasteiger partial charge in [-0.2, -0.15) is 0 Å². The van der Waals surface area contributed by atoms with E-state index in [1.165, 1.54) is 4.90 Å². The fourth-order valence-corrected chi connectivity index (χ4v) is 1.83. The molecule has 0 aromatic carbocycles. The molecule has 0 fully saturated rings. The van der Waals surface area contributed by atoms with Crippen LogP contribution < -0.4 is 0 Å². The molecule has 1 atom stereocenters. The summed E-state index contributed by atoms with van der Waals surface area (Å²) in [5.74, 6) is 0. The van der Waals surface area contributed by atoms with E-state index in [-0.39, 0.29) is 11.5 Å². The zero-order valence-electron chi connectivity index (χ0n) is 12.2. The van der Waals surface area contributed by atoms with E-state index in [2.05, 4.69) is 0 Å². The van der Waals surface area contributed by atoms with Crippen molar-refractivity contribution in [1.82, 2.24) is 4.90 Å². The van der Waals surface area contributed by atoms with Crippen LogP contribution in [-0.2, 0) is 4.74 Å². The lowest BCUT2D eigenvalue weighted by Gasteiger charge is -2.45. The largest absolute Gasteiger partial charge is 0.465 e. The Kier molecular flexibility index (Phi) is 5.46. The lowest BCUT2D eigenvalue weighted by Crippen LogP contribution is -2.57. The van der Waals surface area contributed by atoms with E-state index in [0.29, 0.717) is 13.2 Å². The van der Waals surface area contributed by atoms with Gasteiger partial charge in [-0.05, 0) is 33.1 Å². The molecule has 0 aliphatic heterocycles. The number of amides is 1. The predicted molar refractivity (Wildman–Crippen MR) is 69.4 cm³/mol. The minimum atomic E-state index is -0.892. The van der Waals surface area contributed by atoms with E-state index >= 15 is 0 Å². The van der Waals surface area contributed by atoms with Crippen LogP contribution in [0.4, 0.5) is 4.79 Å². The van der Waals surface area contributed by atoms with E-state index in [4.69, 9.17) is 4.74 Å². The molecule has 17 heavy (non-hydrogen) atoms. The highest BCUT2D eigenvalue weighted by Crippen LogP contribution is 2.30. The molecule has 0 aliphatic rings. The predicted octanol–water partition coefficient (Wildman–Crippen LogP) is 3.22. The van der Waals surface area contributed by atoms with Crippen LogP contribution in [0.3, 0.4) is 0 Å². The van der Waals surface area contributed by atoms with Crippen molar-refractivity contribution in [3.63, 3.8) is 0 Å². The Balaban J connectivity index is 5.16. The minimum Gasteiger partial charge on any atom is -0.465 e. The number of rotatable bonds is 4. The van der Waals surface area contributed by atoms with Crippen LogP contribution in [0.1, 0.15) is 48.5 Å². The van der Waals surface area contributed by atoms with Crippen molar-refractivity contribution < 1.29 is 14.6 Å². The normalized spacial score (nSPS) is 14.5. The second-order valence-electron chi connectivity index (χ2n) is 6.36. The van der Waals surface area contributed by atoms with Crippen molar-refractivity contribution in [2.24, 2.45) is 5.41 Å². The molecule has 0 saturated heterocycles. The van der Waals surface area contributed by atoms with Gasteiger partial charge in [-0.15, -0.1) is 0 Å². The highest BCUT2D eigenvalue weighted by Gasteiger charge is 2.39. The van der Waals surface area contributed by atoms with Crippen molar-refractivity contribution in [3.8, 4) is 0 Å². The average Bonchev–Trinajstić information content (AvgIpc) is 2.06. The molecule has 0 aromatic heterocycles. The molecule has 0 spiro atoms. The quantitative estimate of drug-likeness (QED) is 0.827. The first kappa shape index (κ1) is 16.2. The van der Waals surface area contributed by atoms with Crippen molar-refractivity contribution in [2.45, 2.75) is 60.0 Å². The Morgan fingerprint density at radius 3 is 1.94 bits per heavy atom. The molecule has 0 aliphatic carbocycles. The third-order valence-electron chi connectivity index (χ3n) is 2.72. The Bertz CT molecular complexity index is 250. The molecule has 1 N–H and O–H groups in total. The minimum absolute atomic E-state index is 0.152. The molecule has 0 saturated carbocycles. The number of nitrogens with zero attached hydrogens (tertiary/aromatic N) is 1. The third kappa shape index (κ3) is 4.94. The Morgan fingerprint density at radius 1 is 1.24 bits per heavy atom. The van der Waals surface area contributed by atoms with Gasteiger partial charge in [0.25, 0.3) is 0 Å².